The minimum absolute atomic E-state index is 0.169. The van der Waals surface area contributed by atoms with Crippen molar-refractivity contribution in [3.05, 3.63) is 46.5 Å². The van der Waals surface area contributed by atoms with E-state index in [-0.39, 0.29) is 23.6 Å². The first-order chi connectivity index (χ1) is 11.2. The molecule has 0 bridgehead atoms. The van der Waals surface area contributed by atoms with Gasteiger partial charge in [0.15, 0.2) is 11.5 Å². The Labute approximate surface area is 129 Å². The van der Waals surface area contributed by atoms with Gasteiger partial charge in [0.2, 0.25) is 6.79 Å². The number of methoxy groups -OCH3 is 1. The molecule has 1 aromatic carbocycles. The number of rotatable bonds is 2. The Bertz CT molecular complexity index is 943. The highest BCUT2D eigenvalue weighted by molar-refractivity contribution is 5.96. The molecule has 4 rings (SSSR count). The smallest absolute Gasteiger partial charge is 0.341 e. The first-order valence-electron chi connectivity index (χ1n) is 6.76. The van der Waals surface area contributed by atoms with E-state index in [0.717, 1.165) is 0 Å². The predicted molar refractivity (Wildman–Crippen MR) is 78.3 cm³/mol. The van der Waals surface area contributed by atoms with Crippen LogP contribution in [0.25, 0.3) is 16.9 Å². The van der Waals surface area contributed by atoms with E-state index in [1.54, 1.807) is 35.2 Å². The molecule has 0 fully saturated rings. The summed E-state index contributed by atoms with van der Waals surface area (Å²) in [5.74, 6) is 0.678. The number of nitrogens with zero attached hydrogens (tertiary/aromatic N) is 2. The SMILES string of the molecule is COC(=O)c1cn(-c2ccc3c(c2)OCO3)cc2c(=O)[nH]nc1-2. The zero-order chi connectivity index (χ0) is 16.0. The molecular formula is C15H11N3O5. The predicted octanol–water partition coefficient (Wildman–Crippen LogP) is 1.18. The molecule has 3 aliphatic heterocycles. The number of hydrogen-bond acceptors (Lipinski definition) is 6. The number of nitrogens with one attached hydrogen (secondary N) is 1. The monoisotopic (exact) mass is 313 g/mol. The van der Waals surface area contributed by atoms with Crippen molar-refractivity contribution in [2.45, 2.75) is 0 Å². The molecule has 0 atom stereocenters. The van der Waals surface area contributed by atoms with Gasteiger partial charge in [-0.15, -0.1) is 0 Å². The summed E-state index contributed by atoms with van der Waals surface area (Å²) < 4.78 is 17.0. The molecule has 1 N–H and O–H groups in total. The van der Waals surface area contributed by atoms with E-state index >= 15 is 0 Å². The van der Waals surface area contributed by atoms with Crippen LogP contribution in [0.4, 0.5) is 0 Å². The molecule has 0 aliphatic carbocycles. The number of esters is 1. The van der Waals surface area contributed by atoms with Gasteiger partial charge in [-0.3, -0.25) is 4.79 Å². The van der Waals surface area contributed by atoms with Gasteiger partial charge in [-0.05, 0) is 12.1 Å². The van der Waals surface area contributed by atoms with Crippen LogP contribution in [0.3, 0.4) is 0 Å². The summed E-state index contributed by atoms with van der Waals surface area (Å²) in [5.41, 5.74) is 1.10. The first kappa shape index (κ1) is 13.4. The molecule has 3 aliphatic rings. The van der Waals surface area contributed by atoms with Crippen LogP contribution in [0.1, 0.15) is 10.4 Å². The average molecular weight is 313 g/mol. The molecule has 8 nitrogen and oxygen atoms in total. The third-order valence-corrected chi connectivity index (χ3v) is 3.62. The van der Waals surface area contributed by atoms with E-state index in [1.807, 2.05) is 0 Å². The molecular weight excluding hydrogens is 302 g/mol. The van der Waals surface area contributed by atoms with Crippen LogP contribution in [0.5, 0.6) is 11.5 Å². The topological polar surface area (TPSA) is 95.4 Å². The fourth-order valence-corrected chi connectivity index (χ4v) is 2.49. The van der Waals surface area contributed by atoms with Crippen LogP contribution in [-0.2, 0) is 4.74 Å². The molecule has 0 unspecified atom stereocenters. The third kappa shape index (κ3) is 2.03. The summed E-state index contributed by atoms with van der Waals surface area (Å²) in [7, 11) is 1.27. The summed E-state index contributed by atoms with van der Waals surface area (Å²) in [6.45, 7) is 0.169. The van der Waals surface area contributed by atoms with Crippen molar-refractivity contribution >= 4 is 5.97 Å². The van der Waals surface area contributed by atoms with Gasteiger partial charge in [0.05, 0.1) is 12.7 Å². The minimum Gasteiger partial charge on any atom is -0.465 e. The highest BCUT2D eigenvalue weighted by atomic mass is 16.7. The molecule has 0 radical (unpaired) electrons. The Morgan fingerprint density at radius 2 is 2.13 bits per heavy atom. The van der Waals surface area contributed by atoms with Crippen LogP contribution < -0.4 is 15.0 Å². The highest BCUT2D eigenvalue weighted by Crippen LogP contribution is 2.34. The molecule has 23 heavy (non-hydrogen) atoms. The quantitative estimate of drug-likeness (QED) is 0.714. The van der Waals surface area contributed by atoms with Crippen LogP contribution in [-0.4, -0.2) is 34.6 Å². The largest absolute Gasteiger partial charge is 0.465 e. The van der Waals surface area contributed by atoms with Gasteiger partial charge < -0.3 is 18.8 Å². The number of carbonyl (C=O) groups is 1. The Hall–Kier alpha value is -3.29. The lowest BCUT2D eigenvalue weighted by atomic mass is 10.1. The lowest BCUT2D eigenvalue weighted by Crippen LogP contribution is -2.11. The zero-order valence-corrected chi connectivity index (χ0v) is 12.0. The maximum Gasteiger partial charge on any atom is 0.341 e. The fourth-order valence-electron chi connectivity index (χ4n) is 2.49. The molecule has 0 aromatic heterocycles. The standard InChI is InChI=1S/C15H11N3O5/c1-21-15(20)10-6-18(5-9-13(10)16-17-14(9)19)8-2-3-11-12(4-8)23-7-22-11/h2-6H,7H2,1H3,(H,17,19). The van der Waals surface area contributed by atoms with Crippen molar-refractivity contribution in [1.82, 2.24) is 14.8 Å². The summed E-state index contributed by atoms with van der Waals surface area (Å²) in [4.78, 5) is 23.9. The second-order valence-electron chi connectivity index (χ2n) is 4.92. The van der Waals surface area contributed by atoms with E-state index in [0.29, 0.717) is 22.7 Å². The first-order valence-corrected chi connectivity index (χ1v) is 6.76. The van der Waals surface area contributed by atoms with Gasteiger partial charge in [0, 0.05) is 24.1 Å². The second-order valence-corrected chi connectivity index (χ2v) is 4.92. The van der Waals surface area contributed by atoms with Gasteiger partial charge in [-0.2, -0.15) is 5.10 Å². The van der Waals surface area contributed by atoms with E-state index in [9.17, 15) is 9.59 Å². The number of H-pyrrole nitrogens is 1. The molecule has 0 amide bonds. The number of fused-ring (bicyclic) bond motifs is 2. The molecule has 1 aromatic rings. The summed E-state index contributed by atoms with van der Waals surface area (Å²) in [5, 5.41) is 6.23. The molecule has 0 saturated carbocycles. The molecule has 0 spiro atoms. The third-order valence-electron chi connectivity index (χ3n) is 3.62. The lowest BCUT2D eigenvalue weighted by Gasteiger charge is -2.12. The number of benzene rings is 1. The van der Waals surface area contributed by atoms with Crippen LogP contribution in [0.2, 0.25) is 0 Å². The Kier molecular flexibility index (Phi) is 2.83. The van der Waals surface area contributed by atoms with E-state index in [4.69, 9.17) is 14.2 Å². The van der Waals surface area contributed by atoms with Crippen LogP contribution >= 0.6 is 0 Å². The Balaban J connectivity index is 1.93. The van der Waals surface area contributed by atoms with Crippen LogP contribution in [0.15, 0.2) is 35.4 Å². The van der Waals surface area contributed by atoms with E-state index < -0.39 is 5.97 Å². The summed E-state index contributed by atoms with van der Waals surface area (Å²) in [6.07, 6.45) is 3.16. The Morgan fingerprint density at radius 1 is 1.30 bits per heavy atom. The number of pyridine rings is 1. The number of aromatic amines is 1. The van der Waals surface area contributed by atoms with Crippen molar-refractivity contribution in [1.29, 1.82) is 0 Å². The number of hydrogen-bond donors (Lipinski definition) is 1. The number of ether oxygens (including phenoxy) is 3. The number of aromatic nitrogens is 3. The van der Waals surface area contributed by atoms with Crippen molar-refractivity contribution in [3.63, 3.8) is 0 Å². The summed E-state index contributed by atoms with van der Waals surface area (Å²) >= 11 is 0. The zero-order valence-electron chi connectivity index (χ0n) is 12.0. The lowest BCUT2D eigenvalue weighted by molar-refractivity contribution is 0.0600. The van der Waals surface area contributed by atoms with Crippen molar-refractivity contribution in [2.24, 2.45) is 0 Å². The average Bonchev–Trinajstić information content (AvgIpc) is 3.19. The van der Waals surface area contributed by atoms with E-state index in [1.165, 1.54) is 7.11 Å². The van der Waals surface area contributed by atoms with Gasteiger partial charge in [0.25, 0.3) is 5.56 Å². The summed E-state index contributed by atoms with van der Waals surface area (Å²) in [6, 6.07) is 5.32. The molecule has 116 valence electrons. The van der Waals surface area contributed by atoms with Crippen LogP contribution in [0, 0.1) is 0 Å². The van der Waals surface area contributed by atoms with Crippen molar-refractivity contribution < 1.29 is 19.0 Å². The fraction of sp³-hybridized carbons (Fsp3) is 0.133. The maximum absolute atomic E-state index is 12.0. The number of carbonyl (C=O) groups excluding carboxylic acids is 1. The van der Waals surface area contributed by atoms with E-state index in [2.05, 4.69) is 10.2 Å². The van der Waals surface area contributed by atoms with Gasteiger partial charge in [-0.25, -0.2) is 9.89 Å². The highest BCUT2D eigenvalue weighted by Gasteiger charge is 2.23. The van der Waals surface area contributed by atoms with Crippen molar-refractivity contribution in [3.8, 4) is 28.4 Å². The molecule has 8 heteroatoms. The molecule has 0 saturated heterocycles. The molecule has 3 heterocycles. The normalized spacial score (nSPS) is 12.6. The van der Waals surface area contributed by atoms with Gasteiger partial charge in [-0.1, -0.05) is 0 Å². The van der Waals surface area contributed by atoms with Gasteiger partial charge >= 0.3 is 5.97 Å². The second kappa shape index (κ2) is 4.87. The van der Waals surface area contributed by atoms with Crippen molar-refractivity contribution in [2.75, 3.05) is 13.9 Å². The van der Waals surface area contributed by atoms with Gasteiger partial charge in [0.1, 0.15) is 11.3 Å². The minimum atomic E-state index is -0.573. The maximum atomic E-state index is 12.0. The Morgan fingerprint density at radius 3 is 2.96 bits per heavy atom.